The summed E-state index contributed by atoms with van der Waals surface area (Å²) in [5.41, 5.74) is 1.16. The Morgan fingerprint density at radius 3 is 2.42 bits per heavy atom. The van der Waals surface area contributed by atoms with Gasteiger partial charge in [0.1, 0.15) is 0 Å². The van der Waals surface area contributed by atoms with Crippen molar-refractivity contribution in [1.82, 2.24) is 4.72 Å². The zero-order valence-corrected chi connectivity index (χ0v) is 14.0. The summed E-state index contributed by atoms with van der Waals surface area (Å²) in [5, 5.41) is 10.9. The standard InChI is InChI=1S/C17H18N2O4S/c1-12-7-10-15(19(20)21)11-16(12)24(22,23)18-17(14-8-9-14)13-5-3-2-4-6-13/h2-7,10-11,14,17-18H,8-9H2,1H3/t17-/m0/s1. The summed E-state index contributed by atoms with van der Waals surface area (Å²) in [4.78, 5) is 10.3. The van der Waals surface area contributed by atoms with Gasteiger partial charge in [0.15, 0.2) is 0 Å². The molecule has 0 spiro atoms. The van der Waals surface area contributed by atoms with Crippen LogP contribution in [0.5, 0.6) is 0 Å². The van der Waals surface area contributed by atoms with E-state index < -0.39 is 14.9 Å². The summed E-state index contributed by atoms with van der Waals surface area (Å²) < 4.78 is 28.4. The van der Waals surface area contributed by atoms with E-state index in [0.29, 0.717) is 5.56 Å². The molecular formula is C17H18N2O4S. The lowest BCUT2D eigenvalue weighted by Crippen LogP contribution is -2.30. The van der Waals surface area contributed by atoms with Crippen LogP contribution in [0, 0.1) is 23.0 Å². The third kappa shape index (κ3) is 3.47. The Balaban J connectivity index is 1.96. The van der Waals surface area contributed by atoms with Gasteiger partial charge < -0.3 is 0 Å². The van der Waals surface area contributed by atoms with E-state index in [2.05, 4.69) is 4.72 Å². The van der Waals surface area contributed by atoms with Gasteiger partial charge in [-0.25, -0.2) is 13.1 Å². The number of nitro groups is 1. The Morgan fingerprint density at radius 2 is 1.83 bits per heavy atom. The minimum Gasteiger partial charge on any atom is -0.258 e. The molecule has 1 atom stereocenters. The average molecular weight is 346 g/mol. The number of hydrogen-bond acceptors (Lipinski definition) is 4. The molecular weight excluding hydrogens is 328 g/mol. The zero-order valence-electron chi connectivity index (χ0n) is 13.2. The van der Waals surface area contributed by atoms with E-state index in [1.807, 2.05) is 30.3 Å². The molecule has 0 heterocycles. The maximum Gasteiger partial charge on any atom is 0.270 e. The second-order valence-electron chi connectivity index (χ2n) is 6.05. The molecule has 0 bridgehead atoms. The highest BCUT2D eigenvalue weighted by molar-refractivity contribution is 7.89. The first-order valence-electron chi connectivity index (χ1n) is 7.71. The van der Waals surface area contributed by atoms with Gasteiger partial charge in [-0.3, -0.25) is 10.1 Å². The second-order valence-corrected chi connectivity index (χ2v) is 7.74. The number of rotatable bonds is 6. The molecule has 126 valence electrons. The van der Waals surface area contributed by atoms with Crippen molar-refractivity contribution >= 4 is 15.7 Å². The lowest BCUT2D eigenvalue weighted by atomic mass is 10.0. The number of benzene rings is 2. The number of sulfonamides is 1. The molecule has 0 aliphatic heterocycles. The molecule has 6 nitrogen and oxygen atoms in total. The van der Waals surface area contributed by atoms with E-state index >= 15 is 0 Å². The fourth-order valence-corrected chi connectivity index (χ4v) is 4.31. The smallest absolute Gasteiger partial charge is 0.258 e. The van der Waals surface area contributed by atoms with Crippen LogP contribution in [0.15, 0.2) is 53.4 Å². The van der Waals surface area contributed by atoms with Crippen LogP contribution in [0.2, 0.25) is 0 Å². The normalized spacial score (nSPS) is 15.9. The Hall–Kier alpha value is -2.25. The first-order chi connectivity index (χ1) is 11.4. The van der Waals surface area contributed by atoms with Crippen molar-refractivity contribution in [3.63, 3.8) is 0 Å². The molecule has 3 rings (SSSR count). The molecule has 2 aromatic rings. The minimum atomic E-state index is -3.85. The molecule has 0 radical (unpaired) electrons. The van der Waals surface area contributed by atoms with E-state index in [0.717, 1.165) is 24.5 Å². The average Bonchev–Trinajstić information content (AvgIpc) is 3.38. The molecule has 1 aliphatic rings. The molecule has 0 amide bonds. The second kappa shape index (κ2) is 6.33. The fraction of sp³-hybridized carbons (Fsp3) is 0.294. The zero-order chi connectivity index (χ0) is 17.3. The predicted molar refractivity (Wildman–Crippen MR) is 90.1 cm³/mol. The Bertz CT molecular complexity index is 861. The van der Waals surface area contributed by atoms with Gasteiger partial charge in [-0.1, -0.05) is 36.4 Å². The lowest BCUT2D eigenvalue weighted by Gasteiger charge is -2.19. The molecule has 7 heteroatoms. The maximum atomic E-state index is 12.8. The summed E-state index contributed by atoms with van der Waals surface area (Å²) in [5.74, 6) is 0.265. The fourth-order valence-electron chi connectivity index (χ4n) is 2.75. The molecule has 0 aromatic heterocycles. The Morgan fingerprint density at radius 1 is 1.17 bits per heavy atom. The maximum absolute atomic E-state index is 12.8. The summed E-state index contributed by atoms with van der Waals surface area (Å²) in [6.07, 6.45) is 1.94. The first-order valence-corrected chi connectivity index (χ1v) is 9.19. The third-order valence-electron chi connectivity index (χ3n) is 4.21. The van der Waals surface area contributed by atoms with Crippen molar-refractivity contribution < 1.29 is 13.3 Å². The van der Waals surface area contributed by atoms with Crippen molar-refractivity contribution in [2.24, 2.45) is 5.92 Å². The van der Waals surface area contributed by atoms with Crippen LogP contribution in [0.1, 0.15) is 30.0 Å². The van der Waals surface area contributed by atoms with Crippen molar-refractivity contribution in [3.8, 4) is 0 Å². The molecule has 2 aromatic carbocycles. The van der Waals surface area contributed by atoms with E-state index in [4.69, 9.17) is 0 Å². The predicted octanol–water partition coefficient (Wildman–Crippen LogP) is 3.33. The largest absolute Gasteiger partial charge is 0.270 e. The topological polar surface area (TPSA) is 89.3 Å². The van der Waals surface area contributed by atoms with E-state index in [1.165, 1.54) is 12.1 Å². The number of nitro benzene ring substituents is 1. The van der Waals surface area contributed by atoms with Gasteiger partial charge in [0.25, 0.3) is 5.69 Å². The highest BCUT2D eigenvalue weighted by Crippen LogP contribution is 2.41. The Labute approximate surface area is 140 Å². The molecule has 1 fully saturated rings. The van der Waals surface area contributed by atoms with Crippen LogP contribution in [-0.4, -0.2) is 13.3 Å². The van der Waals surface area contributed by atoms with E-state index in [-0.39, 0.29) is 22.5 Å². The van der Waals surface area contributed by atoms with Gasteiger partial charge in [0.2, 0.25) is 10.0 Å². The molecule has 1 N–H and O–H groups in total. The van der Waals surface area contributed by atoms with Crippen LogP contribution in [0.3, 0.4) is 0 Å². The highest BCUT2D eigenvalue weighted by Gasteiger charge is 2.36. The van der Waals surface area contributed by atoms with E-state index in [9.17, 15) is 18.5 Å². The monoisotopic (exact) mass is 346 g/mol. The minimum absolute atomic E-state index is 0.0433. The van der Waals surface area contributed by atoms with Crippen LogP contribution in [0.4, 0.5) is 5.69 Å². The quantitative estimate of drug-likeness (QED) is 0.642. The Kier molecular flexibility index (Phi) is 4.38. The lowest BCUT2D eigenvalue weighted by molar-refractivity contribution is -0.385. The molecule has 24 heavy (non-hydrogen) atoms. The van der Waals surface area contributed by atoms with Crippen LogP contribution < -0.4 is 4.72 Å². The van der Waals surface area contributed by atoms with Gasteiger partial charge in [-0.15, -0.1) is 0 Å². The van der Waals surface area contributed by atoms with Gasteiger partial charge >= 0.3 is 0 Å². The molecule has 0 unspecified atom stereocenters. The van der Waals surface area contributed by atoms with Gasteiger partial charge in [-0.2, -0.15) is 0 Å². The van der Waals surface area contributed by atoms with E-state index in [1.54, 1.807) is 6.92 Å². The van der Waals surface area contributed by atoms with Crippen molar-refractivity contribution in [2.45, 2.75) is 30.7 Å². The highest BCUT2D eigenvalue weighted by atomic mass is 32.2. The van der Waals surface area contributed by atoms with Crippen molar-refractivity contribution in [1.29, 1.82) is 0 Å². The third-order valence-corrected chi connectivity index (χ3v) is 5.79. The number of aryl methyl sites for hydroxylation is 1. The summed E-state index contributed by atoms with van der Waals surface area (Å²) in [6, 6.07) is 13.0. The SMILES string of the molecule is Cc1ccc([N+](=O)[O-])cc1S(=O)(=O)N[C@@H](c1ccccc1)C1CC1. The van der Waals surface area contributed by atoms with Crippen molar-refractivity contribution in [3.05, 3.63) is 69.8 Å². The van der Waals surface area contributed by atoms with Gasteiger partial charge in [0.05, 0.1) is 9.82 Å². The summed E-state index contributed by atoms with van der Waals surface area (Å²) in [7, 11) is -3.85. The van der Waals surface area contributed by atoms with Gasteiger partial charge in [-0.05, 0) is 36.8 Å². The molecule has 0 saturated heterocycles. The van der Waals surface area contributed by atoms with Crippen LogP contribution in [0.25, 0.3) is 0 Å². The van der Waals surface area contributed by atoms with Crippen LogP contribution >= 0.6 is 0 Å². The first kappa shape index (κ1) is 16.6. The summed E-state index contributed by atoms with van der Waals surface area (Å²) >= 11 is 0. The molecule has 1 aliphatic carbocycles. The number of hydrogen-bond donors (Lipinski definition) is 1. The van der Waals surface area contributed by atoms with Crippen molar-refractivity contribution in [2.75, 3.05) is 0 Å². The number of nitrogens with zero attached hydrogens (tertiary/aromatic N) is 1. The van der Waals surface area contributed by atoms with Crippen LogP contribution in [-0.2, 0) is 10.0 Å². The number of nitrogens with one attached hydrogen (secondary N) is 1. The van der Waals surface area contributed by atoms with Gasteiger partial charge in [0, 0.05) is 18.2 Å². The summed E-state index contributed by atoms with van der Waals surface area (Å²) in [6.45, 7) is 1.63. The molecule has 1 saturated carbocycles. The number of non-ortho nitro benzene ring substituents is 1.